The first-order valence-corrected chi connectivity index (χ1v) is 5.06. The topological polar surface area (TPSA) is 38.7 Å². The average molecular weight is 207 g/mol. The molecule has 0 spiro atoms. The lowest BCUT2D eigenvalue weighted by molar-refractivity contribution is 1.26. The van der Waals surface area contributed by atoms with Crippen molar-refractivity contribution in [2.24, 2.45) is 0 Å². The summed E-state index contributed by atoms with van der Waals surface area (Å²) in [6, 6.07) is 11.8. The van der Waals surface area contributed by atoms with Gasteiger partial charge < -0.3 is 0 Å². The zero-order valence-electron chi connectivity index (χ0n) is 8.54. The van der Waals surface area contributed by atoms with E-state index in [-0.39, 0.29) is 0 Å². The molecule has 16 heavy (non-hydrogen) atoms. The van der Waals surface area contributed by atoms with E-state index in [1.165, 1.54) is 0 Å². The van der Waals surface area contributed by atoms with Crippen molar-refractivity contribution in [2.75, 3.05) is 0 Å². The predicted octanol–water partition coefficient (Wildman–Crippen LogP) is 2.69. The Labute approximate surface area is 92.8 Å². The summed E-state index contributed by atoms with van der Waals surface area (Å²) < 4.78 is 0. The molecule has 0 aliphatic heterocycles. The van der Waals surface area contributed by atoms with Crippen LogP contribution in [0.3, 0.4) is 0 Å². The molecule has 3 nitrogen and oxygen atoms in total. The smallest absolute Gasteiger partial charge is 0.0894 e. The number of rotatable bonds is 1. The van der Waals surface area contributed by atoms with Gasteiger partial charge in [0.1, 0.15) is 0 Å². The summed E-state index contributed by atoms with van der Waals surface area (Å²) in [5.74, 6) is 0. The Balaban J connectivity index is 2.19. The molecule has 76 valence electrons. The van der Waals surface area contributed by atoms with Gasteiger partial charge in [0.15, 0.2) is 0 Å². The van der Waals surface area contributed by atoms with Crippen LogP contribution in [0, 0.1) is 0 Å². The van der Waals surface area contributed by atoms with E-state index < -0.39 is 0 Å². The Morgan fingerprint density at radius 1 is 0.812 bits per heavy atom. The standard InChI is InChI=1S/C13H9N3/c1-2-7-15-11(3-1)12-5-4-10-6-8-14-9-13(10)16-12/h1-9H. The second-order valence-electron chi connectivity index (χ2n) is 3.48. The summed E-state index contributed by atoms with van der Waals surface area (Å²) in [5, 5.41) is 1.09. The number of nitrogens with zero attached hydrogens (tertiary/aromatic N) is 3. The minimum absolute atomic E-state index is 0.876. The summed E-state index contributed by atoms with van der Waals surface area (Å²) >= 11 is 0. The van der Waals surface area contributed by atoms with Gasteiger partial charge in [-0.1, -0.05) is 12.1 Å². The van der Waals surface area contributed by atoms with E-state index in [2.05, 4.69) is 15.0 Å². The Morgan fingerprint density at radius 3 is 2.69 bits per heavy atom. The van der Waals surface area contributed by atoms with Gasteiger partial charge in [0, 0.05) is 17.8 Å². The summed E-state index contributed by atoms with van der Waals surface area (Å²) in [6.07, 6.45) is 5.30. The highest BCUT2D eigenvalue weighted by molar-refractivity contribution is 5.79. The van der Waals surface area contributed by atoms with Crippen LogP contribution >= 0.6 is 0 Å². The first-order chi connectivity index (χ1) is 7.93. The summed E-state index contributed by atoms with van der Waals surface area (Å²) in [6.45, 7) is 0. The van der Waals surface area contributed by atoms with E-state index in [0.29, 0.717) is 0 Å². The van der Waals surface area contributed by atoms with Crippen molar-refractivity contribution in [3.63, 3.8) is 0 Å². The summed E-state index contributed by atoms with van der Waals surface area (Å²) in [7, 11) is 0. The van der Waals surface area contributed by atoms with Crippen LogP contribution in [0.2, 0.25) is 0 Å². The molecular formula is C13H9N3. The Kier molecular flexibility index (Phi) is 2.07. The Morgan fingerprint density at radius 2 is 1.81 bits per heavy atom. The molecule has 3 heteroatoms. The van der Waals surface area contributed by atoms with E-state index in [4.69, 9.17) is 0 Å². The van der Waals surface area contributed by atoms with Crippen LogP contribution in [0.15, 0.2) is 55.0 Å². The molecule has 0 fully saturated rings. The Bertz CT molecular complexity index is 620. The summed E-state index contributed by atoms with van der Waals surface area (Å²) in [5.41, 5.74) is 2.65. The molecule has 3 aromatic heterocycles. The molecule has 0 aliphatic rings. The number of fused-ring (bicyclic) bond motifs is 1. The van der Waals surface area contributed by atoms with Crippen LogP contribution in [0.4, 0.5) is 0 Å². The normalized spacial score (nSPS) is 10.5. The van der Waals surface area contributed by atoms with Crippen molar-refractivity contribution in [3.8, 4) is 11.4 Å². The van der Waals surface area contributed by atoms with Gasteiger partial charge >= 0.3 is 0 Å². The molecule has 3 heterocycles. The van der Waals surface area contributed by atoms with Crippen LogP contribution in [0.25, 0.3) is 22.3 Å². The maximum Gasteiger partial charge on any atom is 0.0894 e. The molecule has 0 atom stereocenters. The highest BCUT2D eigenvalue weighted by Crippen LogP contribution is 2.17. The fraction of sp³-hybridized carbons (Fsp3) is 0. The van der Waals surface area contributed by atoms with E-state index in [1.807, 2.05) is 36.4 Å². The quantitative estimate of drug-likeness (QED) is 0.615. The minimum atomic E-state index is 0.876. The number of hydrogen-bond donors (Lipinski definition) is 0. The van der Waals surface area contributed by atoms with Crippen molar-refractivity contribution in [3.05, 3.63) is 55.0 Å². The molecule has 0 amide bonds. The monoisotopic (exact) mass is 207 g/mol. The maximum atomic E-state index is 4.52. The largest absolute Gasteiger partial charge is 0.262 e. The molecule has 3 rings (SSSR count). The highest BCUT2D eigenvalue weighted by Gasteiger charge is 2.01. The van der Waals surface area contributed by atoms with Crippen LogP contribution in [0.5, 0.6) is 0 Å². The second-order valence-corrected chi connectivity index (χ2v) is 3.48. The lowest BCUT2D eigenvalue weighted by Gasteiger charge is -2.01. The maximum absolute atomic E-state index is 4.52. The lowest BCUT2D eigenvalue weighted by atomic mass is 10.2. The number of aromatic nitrogens is 3. The van der Waals surface area contributed by atoms with Gasteiger partial charge in [0.2, 0.25) is 0 Å². The minimum Gasteiger partial charge on any atom is -0.262 e. The van der Waals surface area contributed by atoms with Crippen LogP contribution < -0.4 is 0 Å². The van der Waals surface area contributed by atoms with Crippen molar-refractivity contribution >= 4 is 10.9 Å². The van der Waals surface area contributed by atoms with Crippen LogP contribution in [-0.4, -0.2) is 15.0 Å². The fourth-order valence-corrected chi connectivity index (χ4v) is 1.62. The van der Waals surface area contributed by atoms with Gasteiger partial charge in [-0.2, -0.15) is 0 Å². The Hall–Kier alpha value is -2.29. The van der Waals surface area contributed by atoms with E-state index in [9.17, 15) is 0 Å². The lowest BCUT2D eigenvalue weighted by Crippen LogP contribution is -1.87. The first-order valence-electron chi connectivity index (χ1n) is 5.06. The zero-order chi connectivity index (χ0) is 10.8. The van der Waals surface area contributed by atoms with Gasteiger partial charge in [0.25, 0.3) is 0 Å². The first kappa shape index (κ1) is 8.97. The molecule has 0 saturated heterocycles. The molecule has 0 radical (unpaired) electrons. The summed E-state index contributed by atoms with van der Waals surface area (Å²) in [4.78, 5) is 12.9. The van der Waals surface area contributed by atoms with Crippen molar-refractivity contribution in [2.45, 2.75) is 0 Å². The van der Waals surface area contributed by atoms with Gasteiger partial charge in [-0.05, 0) is 24.3 Å². The molecule has 3 aromatic rings. The second kappa shape index (κ2) is 3.70. The van der Waals surface area contributed by atoms with E-state index in [0.717, 1.165) is 22.3 Å². The predicted molar refractivity (Wildman–Crippen MR) is 62.8 cm³/mol. The molecule has 0 saturated carbocycles. The third-order valence-corrected chi connectivity index (χ3v) is 2.42. The third kappa shape index (κ3) is 1.52. The number of pyridine rings is 3. The van der Waals surface area contributed by atoms with Crippen molar-refractivity contribution in [1.82, 2.24) is 15.0 Å². The van der Waals surface area contributed by atoms with Gasteiger partial charge in [-0.3, -0.25) is 9.97 Å². The number of hydrogen-bond acceptors (Lipinski definition) is 3. The van der Waals surface area contributed by atoms with E-state index >= 15 is 0 Å². The molecule has 0 aromatic carbocycles. The molecule has 0 N–H and O–H groups in total. The zero-order valence-corrected chi connectivity index (χ0v) is 8.54. The van der Waals surface area contributed by atoms with Gasteiger partial charge in [-0.25, -0.2) is 4.98 Å². The highest BCUT2D eigenvalue weighted by atomic mass is 14.8. The van der Waals surface area contributed by atoms with Crippen molar-refractivity contribution in [1.29, 1.82) is 0 Å². The molecular weight excluding hydrogens is 198 g/mol. The van der Waals surface area contributed by atoms with Gasteiger partial charge in [0.05, 0.1) is 23.1 Å². The fourth-order valence-electron chi connectivity index (χ4n) is 1.62. The SMILES string of the molecule is c1ccc(-c2ccc3ccncc3n2)nc1. The molecule has 0 unspecified atom stereocenters. The third-order valence-electron chi connectivity index (χ3n) is 2.42. The van der Waals surface area contributed by atoms with Crippen LogP contribution in [-0.2, 0) is 0 Å². The van der Waals surface area contributed by atoms with E-state index in [1.54, 1.807) is 18.6 Å². The molecule has 0 bridgehead atoms. The molecule has 0 aliphatic carbocycles. The average Bonchev–Trinajstić information content (AvgIpc) is 2.39. The van der Waals surface area contributed by atoms with Gasteiger partial charge in [-0.15, -0.1) is 0 Å². The van der Waals surface area contributed by atoms with Crippen LogP contribution in [0.1, 0.15) is 0 Å². The van der Waals surface area contributed by atoms with Crippen molar-refractivity contribution < 1.29 is 0 Å².